The number of hydrogen-bond donors (Lipinski definition) is 2. The molecular weight excluding hydrogens is 302 g/mol. The summed E-state index contributed by atoms with van der Waals surface area (Å²) in [5.74, 6) is -0.146. The standard InChI is InChI=1S/C20H27NO3/c22-19(21-18-10-6-2-5-9-17(18)20(23)24)13-14-11-16(12-14)15-7-3-1-4-8-15/h1,3-4,7-8,14,16-18H,2,5-6,9-13H2,(H,21,22)(H,23,24)/t14?,16?,17-,18+/m1/s1. The molecule has 4 nitrogen and oxygen atoms in total. The average Bonchev–Trinajstić information content (AvgIpc) is 2.77. The summed E-state index contributed by atoms with van der Waals surface area (Å²) in [6.07, 6.45) is 7.15. The second-order valence-corrected chi connectivity index (χ2v) is 7.41. The molecule has 2 aliphatic carbocycles. The Balaban J connectivity index is 1.46. The number of carbonyl (C=O) groups is 2. The van der Waals surface area contributed by atoms with E-state index in [2.05, 4.69) is 29.6 Å². The Morgan fingerprint density at radius 1 is 1.04 bits per heavy atom. The van der Waals surface area contributed by atoms with Crippen molar-refractivity contribution in [2.75, 3.05) is 0 Å². The van der Waals surface area contributed by atoms with Gasteiger partial charge in [-0.15, -0.1) is 0 Å². The molecule has 1 aromatic carbocycles. The fourth-order valence-corrected chi connectivity index (χ4v) is 4.20. The third-order valence-corrected chi connectivity index (χ3v) is 5.66. The average molecular weight is 329 g/mol. The SMILES string of the molecule is O=C(CC1CC(c2ccccc2)C1)N[C@H]1CCCCC[C@H]1C(=O)O. The summed E-state index contributed by atoms with van der Waals surface area (Å²) in [6, 6.07) is 10.3. The maximum Gasteiger partial charge on any atom is 0.308 e. The second-order valence-electron chi connectivity index (χ2n) is 7.41. The topological polar surface area (TPSA) is 66.4 Å². The van der Waals surface area contributed by atoms with Crippen LogP contribution in [0.15, 0.2) is 30.3 Å². The van der Waals surface area contributed by atoms with Crippen LogP contribution in [-0.2, 0) is 9.59 Å². The molecule has 24 heavy (non-hydrogen) atoms. The number of nitrogens with one attached hydrogen (secondary N) is 1. The summed E-state index contributed by atoms with van der Waals surface area (Å²) in [6.45, 7) is 0. The highest BCUT2D eigenvalue weighted by Crippen LogP contribution is 2.43. The van der Waals surface area contributed by atoms with Crippen molar-refractivity contribution in [1.82, 2.24) is 5.32 Å². The van der Waals surface area contributed by atoms with Crippen molar-refractivity contribution in [1.29, 1.82) is 0 Å². The van der Waals surface area contributed by atoms with Crippen molar-refractivity contribution in [3.8, 4) is 0 Å². The van der Waals surface area contributed by atoms with Gasteiger partial charge in [-0.2, -0.15) is 0 Å². The van der Waals surface area contributed by atoms with Gasteiger partial charge in [-0.1, -0.05) is 49.6 Å². The lowest BCUT2D eigenvalue weighted by Gasteiger charge is -2.36. The van der Waals surface area contributed by atoms with Gasteiger partial charge < -0.3 is 10.4 Å². The van der Waals surface area contributed by atoms with Crippen LogP contribution in [0.3, 0.4) is 0 Å². The first-order chi connectivity index (χ1) is 11.6. The van der Waals surface area contributed by atoms with E-state index >= 15 is 0 Å². The van der Waals surface area contributed by atoms with E-state index in [1.165, 1.54) is 5.56 Å². The number of carboxylic acids is 1. The predicted octanol–water partition coefficient (Wildman–Crippen LogP) is 3.72. The van der Waals surface area contributed by atoms with E-state index in [-0.39, 0.29) is 11.9 Å². The van der Waals surface area contributed by atoms with Gasteiger partial charge in [0.25, 0.3) is 0 Å². The molecule has 130 valence electrons. The molecule has 2 atom stereocenters. The van der Waals surface area contributed by atoms with E-state index in [1.54, 1.807) is 0 Å². The van der Waals surface area contributed by atoms with Crippen LogP contribution >= 0.6 is 0 Å². The van der Waals surface area contributed by atoms with Crippen LogP contribution in [0.25, 0.3) is 0 Å². The minimum atomic E-state index is -0.769. The molecule has 2 aliphatic rings. The van der Waals surface area contributed by atoms with Crippen LogP contribution in [0, 0.1) is 11.8 Å². The zero-order chi connectivity index (χ0) is 16.9. The zero-order valence-corrected chi connectivity index (χ0v) is 14.1. The van der Waals surface area contributed by atoms with Gasteiger partial charge in [0.05, 0.1) is 5.92 Å². The molecule has 3 rings (SSSR count). The third-order valence-electron chi connectivity index (χ3n) is 5.66. The van der Waals surface area contributed by atoms with Crippen molar-refractivity contribution in [3.05, 3.63) is 35.9 Å². The Bertz CT molecular complexity index is 566. The fourth-order valence-electron chi connectivity index (χ4n) is 4.20. The number of rotatable bonds is 5. The summed E-state index contributed by atoms with van der Waals surface area (Å²) in [7, 11) is 0. The van der Waals surface area contributed by atoms with Gasteiger partial charge >= 0.3 is 5.97 Å². The summed E-state index contributed by atoms with van der Waals surface area (Å²) < 4.78 is 0. The molecule has 1 amide bonds. The number of amides is 1. The van der Waals surface area contributed by atoms with Crippen LogP contribution in [0.1, 0.15) is 62.8 Å². The molecule has 0 saturated heterocycles. The van der Waals surface area contributed by atoms with E-state index in [4.69, 9.17) is 0 Å². The van der Waals surface area contributed by atoms with Crippen molar-refractivity contribution in [2.24, 2.45) is 11.8 Å². The fraction of sp³-hybridized carbons (Fsp3) is 0.600. The largest absolute Gasteiger partial charge is 0.481 e. The Kier molecular flexibility index (Phi) is 5.54. The summed E-state index contributed by atoms with van der Waals surface area (Å²) in [5, 5.41) is 12.4. The van der Waals surface area contributed by atoms with E-state index in [0.717, 1.165) is 38.5 Å². The van der Waals surface area contributed by atoms with E-state index in [9.17, 15) is 14.7 Å². The molecule has 0 aromatic heterocycles. The number of aliphatic carboxylic acids is 1. The molecule has 0 unspecified atom stereocenters. The molecule has 0 radical (unpaired) electrons. The highest BCUT2D eigenvalue weighted by atomic mass is 16.4. The Morgan fingerprint density at radius 2 is 1.75 bits per heavy atom. The molecule has 2 fully saturated rings. The Hall–Kier alpha value is -1.84. The monoisotopic (exact) mass is 329 g/mol. The quantitative estimate of drug-likeness (QED) is 0.809. The van der Waals surface area contributed by atoms with Crippen molar-refractivity contribution >= 4 is 11.9 Å². The van der Waals surface area contributed by atoms with Gasteiger partial charge in [0.15, 0.2) is 0 Å². The molecule has 2 saturated carbocycles. The van der Waals surface area contributed by atoms with Crippen LogP contribution < -0.4 is 5.32 Å². The van der Waals surface area contributed by atoms with Gasteiger partial charge in [0, 0.05) is 12.5 Å². The molecule has 1 aromatic rings. The van der Waals surface area contributed by atoms with E-state index in [1.807, 2.05) is 6.07 Å². The highest BCUT2D eigenvalue weighted by molar-refractivity contribution is 5.78. The third kappa shape index (κ3) is 4.16. The molecule has 0 spiro atoms. The van der Waals surface area contributed by atoms with Gasteiger partial charge in [-0.3, -0.25) is 9.59 Å². The lowest BCUT2D eigenvalue weighted by atomic mass is 9.70. The second kappa shape index (κ2) is 7.82. The maximum atomic E-state index is 12.3. The molecule has 2 N–H and O–H groups in total. The van der Waals surface area contributed by atoms with Crippen LogP contribution in [0.2, 0.25) is 0 Å². The number of benzene rings is 1. The van der Waals surface area contributed by atoms with Crippen molar-refractivity contribution in [2.45, 2.75) is 63.3 Å². The minimum absolute atomic E-state index is 0.0321. The smallest absolute Gasteiger partial charge is 0.308 e. The predicted molar refractivity (Wildman–Crippen MR) is 92.7 cm³/mol. The first-order valence-electron chi connectivity index (χ1n) is 9.20. The number of hydrogen-bond acceptors (Lipinski definition) is 2. The summed E-state index contributed by atoms with van der Waals surface area (Å²) in [5.41, 5.74) is 1.36. The van der Waals surface area contributed by atoms with Gasteiger partial charge in [0.1, 0.15) is 0 Å². The normalized spacial score (nSPS) is 30.0. The first-order valence-corrected chi connectivity index (χ1v) is 9.20. The molecular formula is C20H27NO3. The Labute approximate surface area is 143 Å². The van der Waals surface area contributed by atoms with Crippen molar-refractivity contribution in [3.63, 3.8) is 0 Å². The van der Waals surface area contributed by atoms with Crippen LogP contribution in [-0.4, -0.2) is 23.0 Å². The van der Waals surface area contributed by atoms with Crippen LogP contribution in [0.5, 0.6) is 0 Å². The first kappa shape index (κ1) is 17.0. The lowest BCUT2D eigenvalue weighted by Crippen LogP contribution is -2.44. The molecule has 4 heteroatoms. The molecule has 0 bridgehead atoms. The van der Waals surface area contributed by atoms with Gasteiger partial charge in [0.2, 0.25) is 5.91 Å². The number of carbonyl (C=O) groups excluding carboxylic acids is 1. The Morgan fingerprint density at radius 3 is 2.46 bits per heavy atom. The van der Waals surface area contributed by atoms with Gasteiger partial charge in [-0.25, -0.2) is 0 Å². The van der Waals surface area contributed by atoms with Crippen molar-refractivity contribution < 1.29 is 14.7 Å². The summed E-state index contributed by atoms with van der Waals surface area (Å²) in [4.78, 5) is 23.8. The van der Waals surface area contributed by atoms with Crippen LogP contribution in [0.4, 0.5) is 0 Å². The van der Waals surface area contributed by atoms with Gasteiger partial charge in [-0.05, 0) is 43.1 Å². The number of carboxylic acid groups (broad SMARTS) is 1. The maximum absolute atomic E-state index is 12.3. The summed E-state index contributed by atoms with van der Waals surface area (Å²) >= 11 is 0. The lowest BCUT2D eigenvalue weighted by molar-refractivity contribution is -0.143. The highest BCUT2D eigenvalue weighted by Gasteiger charge is 2.34. The van der Waals surface area contributed by atoms with E-state index < -0.39 is 11.9 Å². The molecule has 0 aliphatic heterocycles. The minimum Gasteiger partial charge on any atom is -0.481 e. The van der Waals surface area contributed by atoms with E-state index in [0.29, 0.717) is 24.7 Å². The molecule has 0 heterocycles. The zero-order valence-electron chi connectivity index (χ0n) is 14.1.